The second-order valence-electron chi connectivity index (χ2n) is 6.00. The lowest BCUT2D eigenvalue weighted by Gasteiger charge is -2.10. The average molecular weight is 427 g/mol. The lowest BCUT2D eigenvalue weighted by Crippen LogP contribution is -2.12. The summed E-state index contributed by atoms with van der Waals surface area (Å²) in [5, 5.41) is 16.2. The Kier molecular flexibility index (Phi) is 6.78. The molecule has 148 valence electrons. The van der Waals surface area contributed by atoms with Crippen LogP contribution >= 0.6 is 11.3 Å². The van der Waals surface area contributed by atoms with Gasteiger partial charge in [-0.2, -0.15) is 0 Å². The number of carboxylic acid groups (broad SMARTS) is 1. The first kappa shape index (κ1) is 20.7. The number of hydrogen-bond acceptors (Lipinski definition) is 7. The van der Waals surface area contributed by atoms with Crippen LogP contribution in [0.2, 0.25) is 0 Å². The topological polar surface area (TPSA) is 138 Å². The molecule has 0 saturated carbocycles. The van der Waals surface area contributed by atoms with E-state index in [0.717, 1.165) is 28.0 Å². The highest BCUT2D eigenvalue weighted by molar-refractivity contribution is 7.89. The molecule has 2 aromatic carbocycles. The number of hydrogen-bond donors (Lipinski definition) is 3. The number of aromatic nitrogens is 1. The van der Waals surface area contributed by atoms with E-state index in [0.29, 0.717) is 22.1 Å². The molecule has 0 spiro atoms. The van der Waals surface area contributed by atoms with E-state index in [1.165, 1.54) is 5.38 Å². The van der Waals surface area contributed by atoms with Gasteiger partial charge in [0.2, 0.25) is 5.13 Å². The van der Waals surface area contributed by atoms with E-state index in [1.807, 2.05) is 42.5 Å². The van der Waals surface area contributed by atoms with Crippen LogP contribution in [-0.2, 0) is 17.8 Å². The summed E-state index contributed by atoms with van der Waals surface area (Å²) in [5.41, 5.74) is 9.42. The maximum Gasteiger partial charge on any atom is 0.355 e. The van der Waals surface area contributed by atoms with Crippen LogP contribution in [0.25, 0.3) is 5.70 Å². The maximum atomic E-state index is 11.4. The summed E-state index contributed by atoms with van der Waals surface area (Å²) in [7, 11) is 0. The van der Waals surface area contributed by atoms with Gasteiger partial charge >= 0.3 is 5.97 Å². The summed E-state index contributed by atoms with van der Waals surface area (Å²) >= 11 is -0.398. The second-order valence-corrected chi connectivity index (χ2v) is 7.90. The molecule has 1 aromatic heterocycles. The molecule has 29 heavy (non-hydrogen) atoms. The summed E-state index contributed by atoms with van der Waals surface area (Å²) in [6.45, 7) is 0. The van der Waals surface area contributed by atoms with E-state index in [1.54, 1.807) is 18.3 Å². The number of aliphatic imine (C=N–C) groups is 1. The van der Waals surface area contributed by atoms with Crippen molar-refractivity contribution in [1.29, 1.82) is 0 Å². The highest BCUT2D eigenvalue weighted by atomic mass is 32.2. The standard InChI is InChI=1S/C20H18N4O3S2/c21-18(14-4-2-1-3-5-14)15(10-13-6-8-16(9-7-13)29(22)27)11-23-20-24-17(12-28-20)19(25)26/h1-9,11-12H,10,21-22H2,(H,25,26). The summed E-state index contributed by atoms with van der Waals surface area (Å²) < 4.78 is 11.4. The Hall–Kier alpha value is -2.98. The van der Waals surface area contributed by atoms with Crippen molar-refractivity contribution in [3.63, 3.8) is 0 Å². The van der Waals surface area contributed by atoms with Gasteiger partial charge in [-0.25, -0.2) is 14.8 Å². The summed E-state index contributed by atoms with van der Waals surface area (Å²) in [6.07, 6.45) is 2.07. The smallest absolute Gasteiger partial charge is 0.355 e. The molecule has 0 saturated heterocycles. The SMILES string of the molecule is NC(=C(C=Nc1nc(C(=O)O)cs1)Cc1ccc([S+](N)[O-])cc1)c1ccccc1. The van der Waals surface area contributed by atoms with E-state index < -0.39 is 17.3 Å². The average Bonchev–Trinajstić information content (AvgIpc) is 3.21. The van der Waals surface area contributed by atoms with Crippen LogP contribution in [0.3, 0.4) is 0 Å². The Morgan fingerprint density at radius 2 is 1.90 bits per heavy atom. The predicted octanol–water partition coefficient (Wildman–Crippen LogP) is 3.14. The zero-order valence-corrected chi connectivity index (χ0v) is 16.8. The van der Waals surface area contributed by atoms with Gasteiger partial charge < -0.3 is 15.4 Å². The van der Waals surface area contributed by atoms with Crippen molar-refractivity contribution in [3.05, 3.63) is 82.4 Å². The van der Waals surface area contributed by atoms with Gasteiger partial charge in [-0.3, -0.25) is 0 Å². The zero-order valence-electron chi connectivity index (χ0n) is 15.2. The van der Waals surface area contributed by atoms with Crippen LogP contribution < -0.4 is 10.9 Å². The number of aromatic carboxylic acids is 1. The van der Waals surface area contributed by atoms with Crippen molar-refractivity contribution in [1.82, 2.24) is 4.98 Å². The molecule has 0 aliphatic heterocycles. The van der Waals surface area contributed by atoms with Crippen LogP contribution in [0.1, 0.15) is 21.6 Å². The second kappa shape index (κ2) is 9.48. The van der Waals surface area contributed by atoms with Crippen molar-refractivity contribution in [2.75, 3.05) is 0 Å². The molecule has 0 amide bonds. The van der Waals surface area contributed by atoms with E-state index >= 15 is 0 Å². The summed E-state index contributed by atoms with van der Waals surface area (Å²) in [5.74, 6) is -1.10. The minimum atomic E-state index is -1.54. The van der Waals surface area contributed by atoms with Gasteiger partial charge in [0.05, 0.1) is 11.4 Å². The zero-order chi connectivity index (χ0) is 20.8. The van der Waals surface area contributed by atoms with Gasteiger partial charge in [0.1, 0.15) is 0 Å². The van der Waals surface area contributed by atoms with Gasteiger partial charge in [-0.15, -0.1) is 16.5 Å². The number of carboxylic acids is 1. The van der Waals surface area contributed by atoms with Gasteiger partial charge in [-0.05, 0) is 28.8 Å². The summed E-state index contributed by atoms with van der Waals surface area (Å²) in [6, 6.07) is 16.6. The fourth-order valence-corrected chi connectivity index (χ4v) is 3.57. The van der Waals surface area contributed by atoms with Crippen molar-refractivity contribution >= 4 is 45.7 Å². The molecule has 5 N–H and O–H groups in total. The number of rotatable bonds is 7. The van der Waals surface area contributed by atoms with Crippen LogP contribution in [-0.4, -0.2) is 26.8 Å². The molecule has 0 aliphatic rings. The number of carbonyl (C=O) groups is 1. The molecular formula is C20H18N4O3S2. The fourth-order valence-electron chi connectivity index (χ4n) is 2.53. The third-order valence-corrected chi connectivity index (χ3v) is 5.51. The molecule has 1 atom stereocenters. The molecule has 0 bridgehead atoms. The number of nitrogens with zero attached hydrogens (tertiary/aromatic N) is 2. The molecule has 3 aromatic rings. The first-order chi connectivity index (χ1) is 13.9. The van der Waals surface area contributed by atoms with E-state index in [-0.39, 0.29) is 5.69 Å². The molecule has 7 nitrogen and oxygen atoms in total. The maximum absolute atomic E-state index is 11.4. The van der Waals surface area contributed by atoms with Crippen LogP contribution in [0.15, 0.2) is 75.4 Å². The monoisotopic (exact) mass is 426 g/mol. The van der Waals surface area contributed by atoms with Crippen molar-refractivity contribution < 1.29 is 14.5 Å². The molecule has 1 heterocycles. The summed E-state index contributed by atoms with van der Waals surface area (Å²) in [4.78, 5) is 19.8. The minimum absolute atomic E-state index is 0.0471. The third kappa shape index (κ3) is 5.52. The van der Waals surface area contributed by atoms with Crippen molar-refractivity contribution in [2.24, 2.45) is 15.9 Å². The Morgan fingerprint density at radius 3 is 2.48 bits per heavy atom. The third-order valence-electron chi connectivity index (χ3n) is 4.02. The van der Waals surface area contributed by atoms with Crippen LogP contribution in [0.4, 0.5) is 5.13 Å². The Labute approximate surface area is 174 Å². The number of allylic oxidation sites excluding steroid dienone is 1. The first-order valence-electron chi connectivity index (χ1n) is 8.46. The molecule has 0 fully saturated rings. The fraction of sp³-hybridized carbons (Fsp3) is 0.0500. The van der Waals surface area contributed by atoms with Crippen molar-refractivity contribution in [3.8, 4) is 0 Å². The lowest BCUT2D eigenvalue weighted by atomic mass is 10.0. The highest BCUT2D eigenvalue weighted by Crippen LogP contribution is 2.22. The Balaban J connectivity index is 1.93. The molecular weight excluding hydrogens is 408 g/mol. The number of benzene rings is 2. The van der Waals surface area contributed by atoms with Gasteiger partial charge in [-0.1, -0.05) is 42.5 Å². The number of thiazole rings is 1. The van der Waals surface area contributed by atoms with Gasteiger partial charge in [0.25, 0.3) is 0 Å². The molecule has 3 rings (SSSR count). The van der Waals surface area contributed by atoms with E-state index in [2.05, 4.69) is 9.98 Å². The van der Waals surface area contributed by atoms with Gasteiger partial charge in [0, 0.05) is 23.7 Å². The predicted molar refractivity (Wildman–Crippen MR) is 116 cm³/mol. The van der Waals surface area contributed by atoms with Crippen molar-refractivity contribution in [2.45, 2.75) is 11.3 Å². The van der Waals surface area contributed by atoms with Gasteiger partial charge in [0.15, 0.2) is 10.6 Å². The van der Waals surface area contributed by atoms with Crippen LogP contribution in [0, 0.1) is 0 Å². The largest absolute Gasteiger partial charge is 0.593 e. The Morgan fingerprint density at radius 1 is 1.21 bits per heavy atom. The number of nitrogens with two attached hydrogens (primary N) is 2. The first-order valence-corrected chi connectivity index (χ1v) is 10.6. The quantitative estimate of drug-likeness (QED) is 0.392. The Bertz CT molecular complexity index is 1050. The van der Waals surface area contributed by atoms with E-state index in [9.17, 15) is 9.35 Å². The molecule has 9 heteroatoms. The highest BCUT2D eigenvalue weighted by Gasteiger charge is 2.10. The minimum Gasteiger partial charge on any atom is -0.593 e. The molecule has 0 aliphatic carbocycles. The molecule has 1 unspecified atom stereocenters. The lowest BCUT2D eigenvalue weighted by molar-refractivity contribution is 0.0691. The normalized spacial score (nSPS) is 13.3. The van der Waals surface area contributed by atoms with Crippen LogP contribution in [0.5, 0.6) is 0 Å². The molecule has 0 radical (unpaired) electrons. The van der Waals surface area contributed by atoms with E-state index in [4.69, 9.17) is 16.0 Å².